The van der Waals surface area contributed by atoms with E-state index in [0.29, 0.717) is 12.3 Å². The van der Waals surface area contributed by atoms with Crippen LogP contribution in [0.4, 0.5) is 4.79 Å². The molecule has 2 amide bonds. The van der Waals surface area contributed by atoms with Crippen LogP contribution in [0.25, 0.3) is 0 Å². The van der Waals surface area contributed by atoms with Crippen LogP contribution >= 0.6 is 11.8 Å². The molecule has 2 rings (SSSR count). The Balaban J connectivity index is 1.82. The molecule has 1 aliphatic rings. The zero-order chi connectivity index (χ0) is 15.2. The third-order valence-corrected chi connectivity index (χ3v) is 4.47. The highest BCUT2D eigenvalue weighted by Gasteiger charge is 2.32. The van der Waals surface area contributed by atoms with Gasteiger partial charge in [-0.05, 0) is 25.5 Å². The maximum Gasteiger partial charge on any atom is 0.327 e. The zero-order valence-corrected chi connectivity index (χ0v) is 12.8. The first-order chi connectivity index (χ1) is 10.1. The quantitative estimate of drug-likeness (QED) is 0.866. The van der Waals surface area contributed by atoms with E-state index >= 15 is 0 Å². The Morgan fingerprint density at radius 3 is 3.10 bits per heavy atom. The topological polar surface area (TPSA) is 82.8 Å². The number of nitrogens with one attached hydrogen (secondary N) is 1. The average molecular weight is 312 g/mol. The number of amides is 2. The van der Waals surface area contributed by atoms with Gasteiger partial charge < -0.3 is 19.7 Å². The number of aryl methyl sites for hydroxylation is 1. The van der Waals surface area contributed by atoms with Crippen LogP contribution in [-0.4, -0.2) is 52.1 Å². The van der Waals surface area contributed by atoms with E-state index in [1.807, 2.05) is 19.1 Å². The summed E-state index contributed by atoms with van der Waals surface area (Å²) in [6.07, 6.45) is 3.12. The highest BCUT2D eigenvalue weighted by atomic mass is 32.2. The van der Waals surface area contributed by atoms with E-state index in [1.54, 1.807) is 18.0 Å². The maximum atomic E-state index is 12.2. The van der Waals surface area contributed by atoms with Crippen molar-refractivity contribution in [2.75, 3.05) is 18.1 Å². The summed E-state index contributed by atoms with van der Waals surface area (Å²) in [4.78, 5) is 24.8. The Labute approximate surface area is 127 Å². The van der Waals surface area contributed by atoms with Gasteiger partial charge in [-0.2, -0.15) is 11.8 Å². The minimum Gasteiger partial charge on any atom is -0.480 e. The number of carbonyl (C=O) groups excluding carboxylic acids is 1. The minimum atomic E-state index is -0.944. The van der Waals surface area contributed by atoms with Crippen LogP contribution in [0.1, 0.15) is 19.1 Å². The smallest absolute Gasteiger partial charge is 0.327 e. The third kappa shape index (κ3) is 4.42. The van der Waals surface area contributed by atoms with Crippen molar-refractivity contribution in [3.63, 3.8) is 0 Å². The number of carboxylic acids is 1. The molecule has 0 spiro atoms. The molecule has 1 fully saturated rings. The molecule has 2 atom stereocenters. The van der Waals surface area contributed by atoms with Crippen LogP contribution in [0.2, 0.25) is 0 Å². The Morgan fingerprint density at radius 1 is 1.62 bits per heavy atom. The van der Waals surface area contributed by atoms with Crippen LogP contribution in [0.3, 0.4) is 0 Å². The lowest BCUT2D eigenvalue weighted by molar-refractivity contribution is -0.141. The molecule has 21 heavy (non-hydrogen) atoms. The number of hydrogen-bond donors (Lipinski definition) is 2. The molecule has 0 saturated carbocycles. The summed E-state index contributed by atoms with van der Waals surface area (Å²) < 4.78 is 5.25. The molecule has 2 N–H and O–H groups in total. The number of carboxylic acid groups (broad SMARTS) is 1. The normalized spacial score (nSPS) is 20.0. The van der Waals surface area contributed by atoms with E-state index < -0.39 is 12.0 Å². The first kappa shape index (κ1) is 15.8. The van der Waals surface area contributed by atoms with Crippen LogP contribution in [0.15, 0.2) is 22.8 Å². The van der Waals surface area contributed by atoms with Gasteiger partial charge in [0.1, 0.15) is 11.8 Å². The molecular weight excluding hydrogens is 292 g/mol. The van der Waals surface area contributed by atoms with Gasteiger partial charge in [-0.3, -0.25) is 0 Å². The van der Waals surface area contributed by atoms with E-state index in [9.17, 15) is 14.7 Å². The van der Waals surface area contributed by atoms with Gasteiger partial charge in [0.25, 0.3) is 0 Å². The van der Waals surface area contributed by atoms with E-state index in [2.05, 4.69) is 5.32 Å². The molecule has 1 aliphatic heterocycles. The van der Waals surface area contributed by atoms with Gasteiger partial charge in [0, 0.05) is 30.5 Å². The van der Waals surface area contributed by atoms with Crippen molar-refractivity contribution < 1.29 is 19.1 Å². The van der Waals surface area contributed by atoms with Gasteiger partial charge in [-0.25, -0.2) is 9.59 Å². The predicted octanol–water partition coefficient (Wildman–Crippen LogP) is 1.81. The van der Waals surface area contributed by atoms with E-state index in [4.69, 9.17) is 4.42 Å². The molecule has 6 nitrogen and oxygen atoms in total. The number of carbonyl (C=O) groups is 2. The summed E-state index contributed by atoms with van der Waals surface area (Å²) in [6, 6.07) is 2.67. The number of urea groups is 1. The second kappa shape index (κ2) is 7.40. The summed E-state index contributed by atoms with van der Waals surface area (Å²) in [5, 5.41) is 12.0. The number of rotatable bonds is 5. The lowest BCUT2D eigenvalue weighted by Crippen LogP contribution is -2.55. The standard InChI is InChI=1S/C14H20N2O4S/c1-10(4-5-11-3-2-7-20-11)15-14(19)16-6-8-21-9-12(16)13(17)18/h2-3,7,10,12H,4-6,8-9H2,1H3,(H,15,19)(H,17,18). The molecule has 0 aromatic carbocycles. The minimum absolute atomic E-state index is 0.0355. The second-order valence-corrected chi connectivity index (χ2v) is 6.24. The van der Waals surface area contributed by atoms with E-state index in [1.165, 1.54) is 4.90 Å². The van der Waals surface area contributed by atoms with Crippen molar-refractivity contribution in [3.8, 4) is 0 Å². The Bertz CT molecular complexity index is 477. The first-order valence-corrected chi connectivity index (χ1v) is 8.13. The van der Waals surface area contributed by atoms with Gasteiger partial charge in [-0.15, -0.1) is 0 Å². The molecule has 2 unspecified atom stereocenters. The van der Waals surface area contributed by atoms with E-state index in [0.717, 1.165) is 24.4 Å². The molecule has 1 saturated heterocycles. The molecule has 1 aromatic heterocycles. The maximum absolute atomic E-state index is 12.2. The fraction of sp³-hybridized carbons (Fsp3) is 0.571. The average Bonchev–Trinajstić information content (AvgIpc) is 2.98. The Morgan fingerprint density at radius 2 is 2.43 bits per heavy atom. The Hall–Kier alpha value is -1.63. The van der Waals surface area contributed by atoms with Crippen molar-refractivity contribution >= 4 is 23.8 Å². The number of furan rings is 1. The van der Waals surface area contributed by atoms with Crippen molar-refractivity contribution in [2.45, 2.75) is 31.8 Å². The number of thioether (sulfide) groups is 1. The third-order valence-electron chi connectivity index (χ3n) is 3.45. The summed E-state index contributed by atoms with van der Waals surface area (Å²) in [6.45, 7) is 2.38. The fourth-order valence-electron chi connectivity index (χ4n) is 2.23. The van der Waals surface area contributed by atoms with Crippen molar-refractivity contribution in [2.24, 2.45) is 0 Å². The largest absolute Gasteiger partial charge is 0.480 e. The molecular formula is C14H20N2O4S. The van der Waals surface area contributed by atoms with Crippen molar-refractivity contribution in [1.82, 2.24) is 10.2 Å². The molecule has 116 valence electrons. The summed E-state index contributed by atoms with van der Waals surface area (Å²) in [7, 11) is 0. The monoisotopic (exact) mass is 312 g/mol. The van der Waals surface area contributed by atoms with Gasteiger partial charge >= 0.3 is 12.0 Å². The van der Waals surface area contributed by atoms with Gasteiger partial charge in [0.2, 0.25) is 0 Å². The van der Waals surface area contributed by atoms with Gasteiger partial charge in [-0.1, -0.05) is 0 Å². The predicted molar refractivity (Wildman–Crippen MR) is 80.5 cm³/mol. The molecule has 1 aromatic rings. The first-order valence-electron chi connectivity index (χ1n) is 6.98. The number of nitrogens with zero attached hydrogens (tertiary/aromatic N) is 1. The van der Waals surface area contributed by atoms with Crippen LogP contribution in [0, 0.1) is 0 Å². The van der Waals surface area contributed by atoms with Crippen molar-refractivity contribution in [3.05, 3.63) is 24.2 Å². The molecule has 2 heterocycles. The zero-order valence-electron chi connectivity index (χ0n) is 11.9. The highest BCUT2D eigenvalue weighted by molar-refractivity contribution is 7.99. The second-order valence-electron chi connectivity index (χ2n) is 5.09. The van der Waals surface area contributed by atoms with Crippen LogP contribution < -0.4 is 5.32 Å². The van der Waals surface area contributed by atoms with Crippen LogP contribution in [-0.2, 0) is 11.2 Å². The molecule has 7 heteroatoms. The lowest BCUT2D eigenvalue weighted by Gasteiger charge is -2.33. The van der Waals surface area contributed by atoms with Crippen molar-refractivity contribution in [1.29, 1.82) is 0 Å². The summed E-state index contributed by atoms with van der Waals surface area (Å²) >= 11 is 1.57. The summed E-state index contributed by atoms with van der Waals surface area (Å²) in [5.74, 6) is 1.16. The summed E-state index contributed by atoms with van der Waals surface area (Å²) in [5.41, 5.74) is 0. The molecule has 0 bridgehead atoms. The van der Waals surface area contributed by atoms with Gasteiger partial charge in [0.05, 0.1) is 6.26 Å². The van der Waals surface area contributed by atoms with Gasteiger partial charge in [0.15, 0.2) is 0 Å². The molecule has 0 radical (unpaired) electrons. The fourth-order valence-corrected chi connectivity index (χ4v) is 3.27. The molecule has 0 aliphatic carbocycles. The number of hydrogen-bond acceptors (Lipinski definition) is 4. The van der Waals surface area contributed by atoms with Crippen LogP contribution in [0.5, 0.6) is 0 Å². The Kier molecular flexibility index (Phi) is 5.55. The number of aliphatic carboxylic acids is 1. The van der Waals surface area contributed by atoms with E-state index in [-0.39, 0.29) is 12.1 Å². The SMILES string of the molecule is CC(CCc1ccco1)NC(=O)N1CCSCC1C(=O)O. The highest BCUT2D eigenvalue weighted by Crippen LogP contribution is 2.17. The lowest BCUT2D eigenvalue weighted by atomic mass is 10.1.